The maximum absolute atomic E-state index is 5.68. The summed E-state index contributed by atoms with van der Waals surface area (Å²) in [6.07, 6.45) is 0. The molecular weight excluding hydrogens is 281 g/mol. The molecule has 4 heteroatoms. The molecule has 0 radical (unpaired) electrons. The average molecular weight is 300 g/mol. The summed E-state index contributed by atoms with van der Waals surface area (Å²) in [6, 6.07) is 0. The van der Waals surface area contributed by atoms with Gasteiger partial charge in [0.25, 0.3) is 0 Å². The molecule has 0 aliphatic carbocycles. The van der Waals surface area contributed by atoms with Gasteiger partial charge in [0.05, 0.1) is 0 Å². The van der Waals surface area contributed by atoms with Crippen molar-refractivity contribution in [3.63, 3.8) is 0 Å². The van der Waals surface area contributed by atoms with E-state index in [1.807, 2.05) is 11.8 Å². The van der Waals surface area contributed by atoms with Crippen LogP contribution in [0.1, 0.15) is 20.8 Å². The summed E-state index contributed by atoms with van der Waals surface area (Å²) in [5.74, 6) is 1.31. The fourth-order valence-electron chi connectivity index (χ4n) is 0.779. The van der Waals surface area contributed by atoms with Crippen molar-refractivity contribution in [1.82, 2.24) is 0 Å². The van der Waals surface area contributed by atoms with Crippen LogP contribution in [0.2, 0.25) is 4.44 Å². The SMILES string of the molecule is CC[S][SnH]([CH2]C)[CH2]SC(C)N. The van der Waals surface area contributed by atoms with Crippen molar-refractivity contribution in [2.75, 3.05) is 9.52 Å². The van der Waals surface area contributed by atoms with Gasteiger partial charge >= 0.3 is 84.9 Å². The minimum absolute atomic E-state index is 0.346. The molecule has 0 fully saturated rings. The molecule has 0 spiro atoms. The van der Waals surface area contributed by atoms with Crippen LogP contribution in [0, 0.1) is 0 Å². The molecule has 11 heavy (non-hydrogen) atoms. The van der Waals surface area contributed by atoms with E-state index >= 15 is 0 Å². The van der Waals surface area contributed by atoms with Crippen LogP contribution in [0.15, 0.2) is 0 Å². The molecule has 0 saturated heterocycles. The van der Waals surface area contributed by atoms with E-state index in [0.29, 0.717) is 5.37 Å². The second kappa shape index (κ2) is 8.08. The summed E-state index contributed by atoms with van der Waals surface area (Å²) >= 11 is 0.834. The van der Waals surface area contributed by atoms with Gasteiger partial charge in [-0.15, -0.1) is 0 Å². The first-order chi connectivity index (χ1) is 5.20. The minimum atomic E-state index is -1.12. The number of rotatable bonds is 6. The van der Waals surface area contributed by atoms with Crippen LogP contribution in [0.3, 0.4) is 0 Å². The molecule has 0 rings (SSSR count). The number of nitrogens with two attached hydrogens (primary N) is 1. The van der Waals surface area contributed by atoms with Crippen LogP contribution in [0.4, 0.5) is 0 Å². The summed E-state index contributed by atoms with van der Waals surface area (Å²) < 4.78 is 2.88. The van der Waals surface area contributed by atoms with Crippen LogP contribution in [-0.4, -0.2) is 33.3 Å². The Kier molecular flexibility index (Phi) is 9.15. The number of hydrogen-bond donors (Lipinski definition) is 1. The van der Waals surface area contributed by atoms with Crippen molar-refractivity contribution < 1.29 is 0 Å². The number of thioether (sulfide) groups is 1. The van der Waals surface area contributed by atoms with Gasteiger partial charge in [-0.1, -0.05) is 0 Å². The third kappa shape index (κ3) is 7.81. The summed E-state index contributed by atoms with van der Waals surface area (Å²) in [5.41, 5.74) is 5.68. The predicted octanol–water partition coefficient (Wildman–Crippen LogP) is 2.06. The third-order valence-electron chi connectivity index (χ3n) is 1.40. The normalized spacial score (nSPS) is 16.4. The van der Waals surface area contributed by atoms with Crippen molar-refractivity contribution in [3.05, 3.63) is 0 Å². The van der Waals surface area contributed by atoms with Crippen molar-refractivity contribution in [3.8, 4) is 0 Å². The van der Waals surface area contributed by atoms with Crippen LogP contribution in [0.25, 0.3) is 0 Å². The Labute approximate surface area is 84.4 Å². The summed E-state index contributed by atoms with van der Waals surface area (Å²) in [6.45, 7) is 6.69. The van der Waals surface area contributed by atoms with Crippen molar-refractivity contribution in [2.24, 2.45) is 5.73 Å². The zero-order valence-corrected chi connectivity index (χ0v) is 12.6. The van der Waals surface area contributed by atoms with Gasteiger partial charge in [-0.05, 0) is 0 Å². The first kappa shape index (κ1) is 12.5. The molecule has 2 N–H and O–H groups in total. The van der Waals surface area contributed by atoms with E-state index in [1.54, 1.807) is 0 Å². The first-order valence-electron chi connectivity index (χ1n) is 4.19. The van der Waals surface area contributed by atoms with Crippen LogP contribution in [-0.2, 0) is 0 Å². The van der Waals surface area contributed by atoms with Gasteiger partial charge in [-0.25, -0.2) is 0 Å². The van der Waals surface area contributed by atoms with Crippen molar-refractivity contribution in [2.45, 2.75) is 30.6 Å². The van der Waals surface area contributed by atoms with Gasteiger partial charge in [0.15, 0.2) is 0 Å². The average Bonchev–Trinajstić information content (AvgIpc) is 1.97. The Bertz CT molecular complexity index is 90.5. The van der Waals surface area contributed by atoms with E-state index in [2.05, 4.69) is 29.7 Å². The third-order valence-corrected chi connectivity index (χ3v) is 22.6. The molecule has 2 unspecified atom stereocenters. The van der Waals surface area contributed by atoms with Crippen LogP contribution in [0.5, 0.6) is 0 Å². The standard InChI is InChI=1S/C3H8NS.C2H6S.C2H5.Sn.H/c1-3(4)5-2;1-2-3;1-2;;/h3H,2,4H2,1H3;3H,2H2,1H3;1H2,2H3;;/q;;;+1;/p-1. The van der Waals surface area contributed by atoms with E-state index in [9.17, 15) is 0 Å². The molecule has 2 atom stereocenters. The van der Waals surface area contributed by atoms with Crippen LogP contribution >= 0.6 is 20.7 Å². The second-order valence-corrected chi connectivity index (χ2v) is 20.9. The molecule has 68 valence electrons. The van der Waals surface area contributed by atoms with Gasteiger partial charge in [-0.3, -0.25) is 0 Å². The molecule has 1 nitrogen and oxygen atoms in total. The molecule has 0 amide bonds. The van der Waals surface area contributed by atoms with Gasteiger partial charge in [0.2, 0.25) is 0 Å². The Balaban J connectivity index is 3.35. The zero-order chi connectivity index (χ0) is 8.69. The van der Waals surface area contributed by atoms with Gasteiger partial charge < -0.3 is 0 Å². The Morgan fingerprint density at radius 2 is 2.09 bits per heavy atom. The topological polar surface area (TPSA) is 26.0 Å². The summed E-state index contributed by atoms with van der Waals surface area (Å²) in [7, 11) is 2.25. The summed E-state index contributed by atoms with van der Waals surface area (Å²) in [5, 5.41) is 0.346. The summed E-state index contributed by atoms with van der Waals surface area (Å²) in [4.78, 5) is 0. The molecule has 0 saturated carbocycles. The first-order valence-corrected chi connectivity index (χ1v) is 15.0. The van der Waals surface area contributed by atoms with Gasteiger partial charge in [-0.2, -0.15) is 0 Å². The van der Waals surface area contributed by atoms with Gasteiger partial charge in [0, 0.05) is 0 Å². The van der Waals surface area contributed by atoms with E-state index < -0.39 is 18.4 Å². The quantitative estimate of drug-likeness (QED) is 0.601. The van der Waals surface area contributed by atoms with Gasteiger partial charge in [0.1, 0.15) is 0 Å². The van der Waals surface area contributed by atoms with E-state index in [-0.39, 0.29) is 0 Å². The fourth-order valence-corrected chi connectivity index (χ4v) is 19.2. The van der Waals surface area contributed by atoms with Crippen molar-refractivity contribution >= 4 is 39.1 Å². The molecule has 0 aliphatic heterocycles. The fraction of sp³-hybridized carbons (Fsp3) is 1.00. The molecular formula is C7H19NS2Sn. The molecule has 0 aromatic heterocycles. The zero-order valence-electron chi connectivity index (χ0n) is 7.67. The molecule has 0 aromatic carbocycles. The Morgan fingerprint density at radius 3 is 2.45 bits per heavy atom. The molecule has 0 bridgehead atoms. The van der Waals surface area contributed by atoms with Crippen molar-refractivity contribution in [1.29, 1.82) is 0 Å². The predicted molar refractivity (Wildman–Crippen MR) is 61.9 cm³/mol. The van der Waals surface area contributed by atoms with E-state index in [0.717, 1.165) is 0 Å². The monoisotopic (exact) mass is 301 g/mol. The molecule has 0 aromatic rings. The molecule has 0 aliphatic rings. The van der Waals surface area contributed by atoms with Crippen LogP contribution < -0.4 is 5.73 Å². The Morgan fingerprint density at radius 1 is 1.45 bits per heavy atom. The molecule has 0 heterocycles. The number of hydrogen-bond acceptors (Lipinski definition) is 3. The van der Waals surface area contributed by atoms with E-state index in [4.69, 9.17) is 5.73 Å². The Hall–Kier alpha value is 1.46. The maximum atomic E-state index is 5.68. The second-order valence-electron chi connectivity index (χ2n) is 2.52. The van der Waals surface area contributed by atoms with E-state index in [1.165, 1.54) is 14.0 Å².